The van der Waals surface area contributed by atoms with Gasteiger partial charge < -0.3 is 19.4 Å². The number of piperazine rings is 1. The fraction of sp³-hybridized carbons (Fsp3) is 0.917. The molecule has 0 aromatic heterocycles. The van der Waals surface area contributed by atoms with E-state index in [-0.39, 0.29) is 6.03 Å². The Morgan fingerprint density at radius 3 is 2.05 bits per heavy atom. The molecule has 2 heterocycles. The van der Waals surface area contributed by atoms with Crippen molar-refractivity contribution in [2.24, 2.45) is 0 Å². The minimum atomic E-state index is -0.715. The Labute approximate surface area is 121 Å². The summed E-state index contributed by atoms with van der Waals surface area (Å²) in [4.78, 5) is 14.2. The zero-order valence-corrected chi connectivity index (χ0v) is 13.0. The molecule has 0 unspecified atom stereocenters. The van der Waals surface area contributed by atoms with Crippen molar-refractivity contribution >= 4 is 13.3 Å². The van der Waals surface area contributed by atoms with Gasteiger partial charge in [-0.15, -0.1) is 0 Å². The fourth-order valence-corrected chi connectivity index (χ4v) is 2.10. The van der Waals surface area contributed by atoms with Crippen LogP contribution in [0, 0.1) is 0 Å². The highest BCUT2D eigenvalue weighted by molar-refractivity contribution is 6.46. The van der Waals surface area contributed by atoms with Crippen molar-refractivity contribution in [3.63, 3.8) is 0 Å². The zero-order valence-electron chi connectivity index (χ0n) is 13.0. The maximum absolute atomic E-state index is 11.9. The molecule has 0 aromatic rings. The third kappa shape index (κ3) is 3.43. The minimum absolute atomic E-state index is 0.298. The molecular weight excluding hydrogens is 259 g/mol. The number of amides is 2. The Kier molecular flexibility index (Phi) is 4.29. The van der Waals surface area contributed by atoms with Crippen molar-refractivity contribution in [1.82, 2.24) is 20.6 Å². The van der Waals surface area contributed by atoms with Gasteiger partial charge in [0.25, 0.3) is 0 Å². The lowest BCUT2D eigenvalue weighted by Gasteiger charge is -2.32. The average Bonchev–Trinajstić information content (AvgIpc) is 2.50. The molecule has 2 N–H and O–H groups in total. The van der Waals surface area contributed by atoms with Gasteiger partial charge in [-0.1, -0.05) is 0 Å². The van der Waals surface area contributed by atoms with Crippen LogP contribution >= 0.6 is 0 Å². The number of nitrogens with zero attached hydrogens (tertiary/aromatic N) is 2. The minimum Gasteiger partial charge on any atom is -0.384 e. The fourth-order valence-electron chi connectivity index (χ4n) is 2.10. The molecule has 0 atom stereocenters. The average molecular weight is 284 g/mol. The van der Waals surface area contributed by atoms with Crippen molar-refractivity contribution < 1.29 is 14.1 Å². The lowest BCUT2D eigenvalue weighted by Crippen LogP contribution is -2.57. The van der Waals surface area contributed by atoms with Gasteiger partial charge in [-0.2, -0.15) is 0 Å². The van der Waals surface area contributed by atoms with Gasteiger partial charge in [0.1, 0.15) is 0 Å². The summed E-state index contributed by atoms with van der Waals surface area (Å²) in [6, 6.07) is -0.298. The van der Waals surface area contributed by atoms with E-state index in [1.54, 1.807) is 0 Å². The van der Waals surface area contributed by atoms with E-state index in [4.69, 9.17) is 9.31 Å². The lowest BCUT2D eigenvalue weighted by molar-refractivity contribution is 0.00578. The van der Waals surface area contributed by atoms with Crippen LogP contribution in [-0.4, -0.2) is 67.6 Å². The van der Waals surface area contributed by atoms with Crippen LogP contribution < -0.4 is 10.7 Å². The highest BCUT2D eigenvalue weighted by atomic mass is 16.7. The second-order valence-electron chi connectivity index (χ2n) is 6.46. The number of hydrogen-bond donors (Lipinski definition) is 2. The van der Waals surface area contributed by atoms with Gasteiger partial charge in [0.2, 0.25) is 0 Å². The normalized spacial score (nSPS) is 26.6. The predicted molar refractivity (Wildman–Crippen MR) is 76.8 cm³/mol. The van der Waals surface area contributed by atoms with Crippen molar-refractivity contribution in [1.29, 1.82) is 0 Å². The molecule has 2 saturated heterocycles. The Hall–Kier alpha value is -0.825. The molecule has 2 rings (SSSR count). The van der Waals surface area contributed by atoms with E-state index in [0.29, 0.717) is 0 Å². The van der Waals surface area contributed by atoms with Crippen LogP contribution in [0.4, 0.5) is 4.79 Å². The van der Waals surface area contributed by atoms with Crippen LogP contribution in [0.5, 0.6) is 0 Å². The maximum Gasteiger partial charge on any atom is 0.595 e. The molecule has 2 amide bonds. The first-order chi connectivity index (χ1) is 9.19. The van der Waals surface area contributed by atoms with E-state index in [1.807, 2.05) is 32.7 Å². The number of hydrazine groups is 1. The monoisotopic (exact) mass is 284 g/mol. The molecule has 0 radical (unpaired) electrons. The van der Waals surface area contributed by atoms with E-state index in [1.165, 1.54) is 0 Å². The Morgan fingerprint density at radius 2 is 1.55 bits per heavy atom. The molecule has 20 heavy (non-hydrogen) atoms. The highest BCUT2D eigenvalue weighted by Gasteiger charge is 2.52. The molecule has 114 valence electrons. The number of carbonyl (C=O) groups is 1. The smallest absolute Gasteiger partial charge is 0.384 e. The number of urea groups is 1. The molecular formula is C12H25BN4O3. The Morgan fingerprint density at radius 1 is 1.05 bits per heavy atom. The standard InChI is InChI=1S/C12H25BN4O3/c1-11(2)12(3,4)20-13(19-11)14-10(18)15-17-8-6-16(5)7-9-17/h6-9H2,1-5H3,(H2,14,15,18). The molecule has 0 spiro atoms. The second kappa shape index (κ2) is 5.52. The lowest BCUT2D eigenvalue weighted by atomic mass is 9.90. The molecule has 0 aromatic carbocycles. The van der Waals surface area contributed by atoms with Gasteiger partial charge in [0, 0.05) is 26.2 Å². The van der Waals surface area contributed by atoms with E-state index >= 15 is 0 Å². The van der Waals surface area contributed by atoms with Gasteiger partial charge in [0.05, 0.1) is 11.2 Å². The van der Waals surface area contributed by atoms with Crippen molar-refractivity contribution in [3.05, 3.63) is 0 Å². The number of carbonyl (C=O) groups excluding carboxylic acids is 1. The van der Waals surface area contributed by atoms with Gasteiger partial charge in [-0.3, -0.25) is 5.43 Å². The number of likely N-dealkylation sites (N-methyl/N-ethyl adjacent to an activating group) is 1. The first-order valence-electron chi connectivity index (χ1n) is 7.06. The highest BCUT2D eigenvalue weighted by Crippen LogP contribution is 2.35. The van der Waals surface area contributed by atoms with Crippen molar-refractivity contribution in [3.8, 4) is 0 Å². The number of nitrogens with one attached hydrogen (secondary N) is 2. The van der Waals surface area contributed by atoms with Crippen molar-refractivity contribution in [2.75, 3.05) is 33.2 Å². The topological polar surface area (TPSA) is 66.1 Å². The summed E-state index contributed by atoms with van der Waals surface area (Å²) < 4.78 is 11.4. The summed E-state index contributed by atoms with van der Waals surface area (Å²) in [6.07, 6.45) is 0. The number of rotatable bonds is 2. The van der Waals surface area contributed by atoms with Crippen LogP contribution in [0.2, 0.25) is 0 Å². The molecule has 7 nitrogen and oxygen atoms in total. The summed E-state index contributed by atoms with van der Waals surface area (Å²) in [5.41, 5.74) is 1.93. The van der Waals surface area contributed by atoms with E-state index in [9.17, 15) is 4.79 Å². The SMILES string of the molecule is CN1CCN(NC(=O)NB2OC(C)(C)C(C)(C)O2)CC1. The Balaban J connectivity index is 1.78. The molecule has 0 saturated carbocycles. The van der Waals surface area contributed by atoms with Crippen LogP contribution in [-0.2, 0) is 9.31 Å². The van der Waals surface area contributed by atoms with E-state index in [0.717, 1.165) is 26.2 Å². The third-order valence-corrected chi connectivity index (χ3v) is 4.27. The van der Waals surface area contributed by atoms with Crippen LogP contribution in [0.25, 0.3) is 0 Å². The summed E-state index contributed by atoms with van der Waals surface area (Å²) in [6.45, 7) is 11.3. The summed E-state index contributed by atoms with van der Waals surface area (Å²) in [7, 11) is 1.36. The predicted octanol–water partition coefficient (Wildman–Crippen LogP) is 0.0369. The first-order valence-corrected chi connectivity index (χ1v) is 7.06. The zero-order chi connectivity index (χ0) is 15.0. The largest absolute Gasteiger partial charge is 0.595 e. The second-order valence-corrected chi connectivity index (χ2v) is 6.46. The molecule has 0 aliphatic carbocycles. The van der Waals surface area contributed by atoms with E-state index < -0.39 is 18.5 Å². The number of hydrogen-bond acceptors (Lipinski definition) is 5. The molecule has 2 fully saturated rings. The first kappa shape index (κ1) is 15.6. The van der Waals surface area contributed by atoms with Crippen LogP contribution in [0.3, 0.4) is 0 Å². The van der Waals surface area contributed by atoms with Crippen molar-refractivity contribution in [2.45, 2.75) is 38.9 Å². The van der Waals surface area contributed by atoms with Gasteiger partial charge in [0.15, 0.2) is 0 Å². The van der Waals surface area contributed by atoms with Gasteiger partial charge in [-0.25, -0.2) is 9.80 Å². The molecule has 0 bridgehead atoms. The summed E-state index contributed by atoms with van der Waals surface area (Å²) >= 11 is 0. The molecule has 8 heteroatoms. The van der Waals surface area contributed by atoms with Crippen LogP contribution in [0.15, 0.2) is 0 Å². The van der Waals surface area contributed by atoms with Crippen LogP contribution in [0.1, 0.15) is 27.7 Å². The maximum atomic E-state index is 11.9. The molecule has 2 aliphatic heterocycles. The third-order valence-electron chi connectivity index (χ3n) is 4.27. The summed E-state index contributed by atoms with van der Waals surface area (Å²) in [5, 5.41) is 4.60. The quantitative estimate of drug-likeness (QED) is 0.701. The van der Waals surface area contributed by atoms with Gasteiger partial charge in [-0.05, 0) is 34.7 Å². The summed E-state index contributed by atoms with van der Waals surface area (Å²) in [5.74, 6) is 0. The molecule has 2 aliphatic rings. The Bertz CT molecular complexity index is 354. The van der Waals surface area contributed by atoms with Gasteiger partial charge >= 0.3 is 13.3 Å². The van der Waals surface area contributed by atoms with E-state index in [2.05, 4.69) is 22.6 Å².